The Kier molecular flexibility index (Phi) is 8.45. The number of nitrogens with one attached hydrogen (secondary N) is 1. The lowest BCUT2D eigenvalue weighted by Crippen LogP contribution is -2.45. The summed E-state index contributed by atoms with van der Waals surface area (Å²) >= 11 is 1.24. The van der Waals surface area contributed by atoms with Crippen LogP contribution in [0, 0.1) is 0 Å². The number of aliphatic imine (C=N–C) groups is 1. The molecule has 2 aromatic carbocycles. The minimum Gasteiger partial charge on any atom is -0.497 e. The first-order valence-corrected chi connectivity index (χ1v) is 15.1. The Hall–Kier alpha value is -3.25. The number of carbonyl (C=O) groups excluding carboxylic acids is 2. The molecule has 12 heteroatoms. The van der Waals surface area contributed by atoms with E-state index in [0.29, 0.717) is 22.4 Å². The maximum Gasteiger partial charge on any atom is 0.408 e. The van der Waals surface area contributed by atoms with Crippen LogP contribution in [0.1, 0.15) is 26.3 Å². The van der Waals surface area contributed by atoms with Gasteiger partial charge in [-0.15, -0.1) is 0 Å². The monoisotopic (exact) mass is 575 g/mol. The smallest absolute Gasteiger partial charge is 0.408 e. The van der Waals surface area contributed by atoms with Crippen LogP contribution in [0.2, 0.25) is 0 Å². The summed E-state index contributed by atoms with van der Waals surface area (Å²) in [6, 6.07) is 13.0. The molecule has 10 nitrogen and oxygen atoms in total. The number of hydrogen-bond acceptors (Lipinski definition) is 8. The third-order valence-corrected chi connectivity index (χ3v) is 9.40. The van der Waals surface area contributed by atoms with Crippen molar-refractivity contribution in [3.05, 3.63) is 54.1 Å². The number of sulfone groups is 1. The number of hydrogen-bond donors (Lipinski definition) is 1. The molecular weight excluding hydrogens is 542 g/mol. The van der Waals surface area contributed by atoms with E-state index in [0.717, 1.165) is 5.56 Å². The third kappa shape index (κ3) is 7.04. The number of alkyl carbamates (subject to hydrolysis) is 1. The van der Waals surface area contributed by atoms with Crippen LogP contribution >= 0.6 is 11.8 Å². The van der Waals surface area contributed by atoms with Gasteiger partial charge in [0, 0.05) is 17.7 Å². The molecule has 2 fully saturated rings. The molecule has 0 aliphatic carbocycles. The van der Waals surface area contributed by atoms with Crippen LogP contribution in [0.4, 0.5) is 10.5 Å². The molecule has 0 spiro atoms. The first kappa shape index (κ1) is 28.8. The fourth-order valence-corrected chi connectivity index (χ4v) is 8.42. The van der Waals surface area contributed by atoms with E-state index in [1.807, 2.05) is 30.3 Å². The summed E-state index contributed by atoms with van der Waals surface area (Å²) < 4.78 is 41.4. The number of anilines is 1. The number of ether oxygens (including phenoxy) is 3. The summed E-state index contributed by atoms with van der Waals surface area (Å²) in [7, 11) is -0.228. The van der Waals surface area contributed by atoms with E-state index in [9.17, 15) is 18.0 Å². The lowest BCUT2D eigenvalue weighted by atomic mass is 10.1. The number of amidine groups is 1. The second-order valence-electron chi connectivity index (χ2n) is 10.3. The van der Waals surface area contributed by atoms with Gasteiger partial charge in [-0.05, 0) is 38.5 Å². The fourth-order valence-electron chi connectivity index (χ4n) is 4.50. The zero-order chi connectivity index (χ0) is 28.4. The quantitative estimate of drug-likeness (QED) is 0.529. The second-order valence-corrected chi connectivity index (χ2v) is 13.7. The van der Waals surface area contributed by atoms with Crippen LogP contribution in [-0.2, 0) is 25.8 Å². The molecule has 0 saturated carbocycles. The minimum atomic E-state index is -3.27. The fraction of sp³-hybridized carbons (Fsp3) is 0.444. The van der Waals surface area contributed by atoms with Crippen LogP contribution in [-0.4, -0.2) is 74.2 Å². The number of fused-ring (bicyclic) bond motifs is 1. The van der Waals surface area contributed by atoms with Crippen LogP contribution in [0.25, 0.3) is 0 Å². The maximum absolute atomic E-state index is 13.6. The molecule has 2 saturated heterocycles. The number of carbonyl (C=O) groups is 2. The summed E-state index contributed by atoms with van der Waals surface area (Å²) in [6.45, 7) is 5.21. The standard InChI is InChI=1S/C27H33N3O7S2/c1-27(2,3)37-26(32)28-19(13-17-9-7-6-8-10-17)24(31)29-25-30(21-15-39(33,34)16-23(21)38-25)20-14-18(35-4)11-12-22(20)36-5/h6-12,14,19,21,23H,13,15-16H2,1-5H3,(H,28,32)/t19-,21-,23+/m1/s1. The van der Waals surface area contributed by atoms with Crippen molar-refractivity contribution in [2.75, 3.05) is 30.6 Å². The molecule has 3 atom stereocenters. The molecule has 2 aromatic rings. The van der Waals surface area contributed by atoms with Crippen LogP contribution in [0.5, 0.6) is 11.5 Å². The normalized spacial score (nSPS) is 21.8. The average molecular weight is 576 g/mol. The van der Waals surface area contributed by atoms with E-state index in [4.69, 9.17) is 14.2 Å². The molecule has 210 valence electrons. The molecule has 4 rings (SSSR count). The second kappa shape index (κ2) is 11.5. The number of thioether (sulfide) groups is 1. The van der Waals surface area contributed by atoms with Gasteiger partial charge in [-0.1, -0.05) is 42.1 Å². The van der Waals surface area contributed by atoms with Crippen LogP contribution < -0.4 is 19.7 Å². The SMILES string of the molecule is COc1ccc(OC)c(N2C(=NC(=O)[C@@H](Cc3ccccc3)NC(=O)OC(C)(C)C)S[C@H]3CS(=O)(=O)C[C@H]32)c1. The molecule has 2 aliphatic heterocycles. The predicted octanol–water partition coefficient (Wildman–Crippen LogP) is 3.44. The first-order valence-electron chi connectivity index (χ1n) is 12.4. The summed E-state index contributed by atoms with van der Waals surface area (Å²) in [6.07, 6.45) is -0.533. The van der Waals surface area contributed by atoms with Gasteiger partial charge in [0.1, 0.15) is 23.1 Å². The van der Waals surface area contributed by atoms with Crippen LogP contribution in [0.15, 0.2) is 53.5 Å². The Morgan fingerprint density at radius 1 is 1.10 bits per heavy atom. The van der Waals surface area contributed by atoms with Gasteiger partial charge < -0.3 is 24.4 Å². The van der Waals surface area contributed by atoms with Crippen molar-refractivity contribution in [1.82, 2.24) is 5.32 Å². The number of rotatable bonds is 7. The minimum absolute atomic E-state index is 0.0259. The van der Waals surface area contributed by atoms with Crippen molar-refractivity contribution in [2.45, 2.75) is 50.1 Å². The Labute approximate surface area is 233 Å². The van der Waals surface area contributed by atoms with E-state index in [1.165, 1.54) is 26.0 Å². The zero-order valence-corrected chi connectivity index (χ0v) is 24.2. The van der Waals surface area contributed by atoms with Crippen molar-refractivity contribution in [2.24, 2.45) is 4.99 Å². The number of amides is 2. The summed E-state index contributed by atoms with van der Waals surface area (Å²) in [5, 5.41) is 2.69. The van der Waals surface area contributed by atoms with Gasteiger partial charge in [0.05, 0.1) is 37.5 Å². The van der Waals surface area contributed by atoms with E-state index in [-0.39, 0.29) is 23.2 Å². The maximum atomic E-state index is 13.6. The van der Waals surface area contributed by atoms with Crippen molar-refractivity contribution in [3.63, 3.8) is 0 Å². The number of methoxy groups -OCH3 is 2. The predicted molar refractivity (Wildman–Crippen MR) is 152 cm³/mol. The molecule has 2 amide bonds. The highest BCUT2D eigenvalue weighted by Crippen LogP contribution is 2.45. The van der Waals surface area contributed by atoms with Gasteiger partial charge in [0.2, 0.25) is 0 Å². The molecule has 0 aromatic heterocycles. The van der Waals surface area contributed by atoms with Gasteiger partial charge in [-0.3, -0.25) is 4.79 Å². The molecule has 0 radical (unpaired) electrons. The van der Waals surface area contributed by atoms with Gasteiger partial charge in [0.25, 0.3) is 5.91 Å². The van der Waals surface area contributed by atoms with Crippen molar-refractivity contribution in [1.29, 1.82) is 0 Å². The average Bonchev–Trinajstić information content (AvgIpc) is 3.33. The zero-order valence-electron chi connectivity index (χ0n) is 22.5. The Morgan fingerprint density at radius 3 is 2.46 bits per heavy atom. The first-order chi connectivity index (χ1) is 18.4. The molecule has 39 heavy (non-hydrogen) atoms. The van der Waals surface area contributed by atoms with E-state index >= 15 is 0 Å². The van der Waals surface area contributed by atoms with Crippen LogP contribution in [0.3, 0.4) is 0 Å². The number of benzene rings is 2. The highest BCUT2D eigenvalue weighted by molar-refractivity contribution is 8.16. The number of nitrogens with zero attached hydrogens (tertiary/aromatic N) is 2. The van der Waals surface area contributed by atoms with Gasteiger partial charge in [-0.2, -0.15) is 4.99 Å². The van der Waals surface area contributed by atoms with Crippen molar-refractivity contribution < 1.29 is 32.2 Å². The Morgan fingerprint density at radius 2 is 1.82 bits per heavy atom. The van der Waals surface area contributed by atoms with E-state index in [1.54, 1.807) is 43.9 Å². The lowest BCUT2D eigenvalue weighted by Gasteiger charge is -2.27. The molecule has 1 N–H and O–H groups in total. The third-order valence-electron chi connectivity index (χ3n) is 6.19. The van der Waals surface area contributed by atoms with Gasteiger partial charge in [0.15, 0.2) is 15.0 Å². The Balaban J connectivity index is 1.71. The van der Waals surface area contributed by atoms with Crippen molar-refractivity contribution in [3.8, 4) is 11.5 Å². The van der Waals surface area contributed by atoms with E-state index < -0.39 is 39.5 Å². The summed E-state index contributed by atoms with van der Waals surface area (Å²) in [5.41, 5.74) is 0.626. The molecule has 0 unspecified atom stereocenters. The Bertz CT molecular complexity index is 1360. The molecular formula is C27H33N3O7S2. The lowest BCUT2D eigenvalue weighted by molar-refractivity contribution is -0.119. The van der Waals surface area contributed by atoms with E-state index in [2.05, 4.69) is 10.3 Å². The molecule has 2 aliphatic rings. The highest BCUT2D eigenvalue weighted by Gasteiger charge is 2.50. The topological polar surface area (TPSA) is 124 Å². The molecule has 0 bridgehead atoms. The highest BCUT2D eigenvalue weighted by atomic mass is 32.2. The van der Waals surface area contributed by atoms with Gasteiger partial charge in [-0.25, -0.2) is 13.2 Å². The molecule has 2 heterocycles. The summed E-state index contributed by atoms with van der Waals surface area (Å²) in [5.74, 6) is 0.333. The van der Waals surface area contributed by atoms with Gasteiger partial charge >= 0.3 is 6.09 Å². The van der Waals surface area contributed by atoms with Crippen molar-refractivity contribution >= 4 is 44.5 Å². The largest absolute Gasteiger partial charge is 0.497 e. The summed E-state index contributed by atoms with van der Waals surface area (Å²) in [4.78, 5) is 32.4.